The van der Waals surface area contributed by atoms with Gasteiger partial charge >= 0.3 is 0 Å². The van der Waals surface area contributed by atoms with Crippen molar-refractivity contribution >= 4 is 11.6 Å². The number of rotatable bonds is 6. The Bertz CT molecular complexity index is 1170. The number of benzene rings is 2. The zero-order valence-electron chi connectivity index (χ0n) is 16.3. The molecular weight excluding hydrogens is 384 g/mol. The maximum Gasteiger partial charge on any atom is 0.260 e. The van der Waals surface area contributed by atoms with Crippen LogP contribution in [-0.2, 0) is 0 Å². The van der Waals surface area contributed by atoms with Gasteiger partial charge in [-0.05, 0) is 42.5 Å². The highest BCUT2D eigenvalue weighted by molar-refractivity contribution is 6.06. The van der Waals surface area contributed by atoms with Crippen molar-refractivity contribution in [3.63, 3.8) is 0 Å². The first-order valence-corrected chi connectivity index (χ1v) is 9.06. The van der Waals surface area contributed by atoms with E-state index >= 15 is 0 Å². The number of nitrogens with zero attached hydrogens (tertiary/aromatic N) is 3. The molecule has 30 heavy (non-hydrogen) atoms. The minimum absolute atomic E-state index is 0.289. The molecule has 2 aromatic carbocycles. The summed E-state index contributed by atoms with van der Waals surface area (Å²) in [6, 6.07) is 15.8. The number of hydrogen-bond acceptors (Lipinski definition) is 7. The van der Waals surface area contributed by atoms with Gasteiger partial charge in [0.15, 0.2) is 11.5 Å². The molecule has 2 aromatic heterocycles. The van der Waals surface area contributed by atoms with Gasteiger partial charge in [0.25, 0.3) is 11.8 Å². The molecule has 150 valence electrons. The van der Waals surface area contributed by atoms with E-state index in [1.165, 1.54) is 14.2 Å². The lowest BCUT2D eigenvalue weighted by Crippen LogP contribution is -2.13. The summed E-state index contributed by atoms with van der Waals surface area (Å²) in [6.45, 7) is 0. The van der Waals surface area contributed by atoms with Crippen molar-refractivity contribution in [3.05, 3.63) is 72.6 Å². The van der Waals surface area contributed by atoms with Crippen LogP contribution in [0, 0.1) is 0 Å². The van der Waals surface area contributed by atoms with Crippen molar-refractivity contribution in [2.75, 3.05) is 19.5 Å². The summed E-state index contributed by atoms with van der Waals surface area (Å²) in [4.78, 5) is 21.3. The zero-order chi connectivity index (χ0) is 20.9. The van der Waals surface area contributed by atoms with Crippen molar-refractivity contribution in [1.82, 2.24) is 15.1 Å². The average molecular weight is 402 g/mol. The fourth-order valence-corrected chi connectivity index (χ4v) is 2.90. The Labute approximate surface area is 172 Å². The minimum Gasteiger partial charge on any atom is -0.493 e. The largest absolute Gasteiger partial charge is 0.493 e. The third kappa shape index (κ3) is 3.83. The topological polar surface area (TPSA) is 99.4 Å². The molecule has 2 heterocycles. The lowest BCUT2D eigenvalue weighted by Gasteiger charge is -2.11. The van der Waals surface area contributed by atoms with Gasteiger partial charge in [0.05, 0.1) is 25.5 Å². The van der Waals surface area contributed by atoms with Crippen LogP contribution in [0.5, 0.6) is 11.5 Å². The molecule has 0 radical (unpaired) electrons. The van der Waals surface area contributed by atoms with Crippen LogP contribution in [0.1, 0.15) is 10.4 Å². The third-order valence-corrected chi connectivity index (χ3v) is 4.40. The molecule has 0 spiro atoms. The summed E-state index contributed by atoms with van der Waals surface area (Å²) in [6.07, 6.45) is 3.32. The number of nitrogens with one attached hydrogen (secondary N) is 1. The third-order valence-electron chi connectivity index (χ3n) is 4.40. The van der Waals surface area contributed by atoms with Crippen LogP contribution in [0.25, 0.3) is 22.8 Å². The second kappa shape index (κ2) is 8.44. The Balaban J connectivity index is 1.62. The van der Waals surface area contributed by atoms with Crippen LogP contribution in [0.4, 0.5) is 5.69 Å². The fraction of sp³-hybridized carbons (Fsp3) is 0.0909. The van der Waals surface area contributed by atoms with Gasteiger partial charge in [-0.1, -0.05) is 17.3 Å². The van der Waals surface area contributed by atoms with Gasteiger partial charge in [0.1, 0.15) is 0 Å². The summed E-state index contributed by atoms with van der Waals surface area (Å²) in [5, 5.41) is 6.90. The van der Waals surface area contributed by atoms with Crippen molar-refractivity contribution < 1.29 is 18.8 Å². The predicted molar refractivity (Wildman–Crippen MR) is 110 cm³/mol. The summed E-state index contributed by atoms with van der Waals surface area (Å²) < 4.78 is 15.9. The Morgan fingerprint density at radius 2 is 1.83 bits per heavy atom. The number of aromatic nitrogens is 3. The second-order valence-corrected chi connectivity index (χ2v) is 6.23. The maximum absolute atomic E-state index is 12.8. The first kappa shape index (κ1) is 19.1. The van der Waals surface area contributed by atoms with Gasteiger partial charge in [-0.25, -0.2) is 0 Å². The van der Waals surface area contributed by atoms with E-state index < -0.39 is 0 Å². The number of hydrogen-bond donors (Lipinski definition) is 1. The lowest BCUT2D eigenvalue weighted by atomic mass is 10.1. The number of para-hydroxylation sites is 1. The highest BCUT2D eigenvalue weighted by Gasteiger charge is 2.17. The van der Waals surface area contributed by atoms with E-state index in [0.29, 0.717) is 34.1 Å². The van der Waals surface area contributed by atoms with E-state index in [1.807, 2.05) is 18.2 Å². The first-order chi connectivity index (χ1) is 14.7. The van der Waals surface area contributed by atoms with E-state index in [9.17, 15) is 4.79 Å². The Kier molecular flexibility index (Phi) is 5.38. The van der Waals surface area contributed by atoms with E-state index in [-0.39, 0.29) is 11.8 Å². The molecule has 8 nitrogen and oxygen atoms in total. The highest BCUT2D eigenvalue weighted by atomic mass is 16.5. The molecule has 0 saturated carbocycles. The molecule has 0 aliphatic carbocycles. The molecule has 0 aliphatic rings. The Morgan fingerprint density at radius 1 is 1.00 bits per heavy atom. The molecular formula is C22H18N4O4. The molecule has 0 bridgehead atoms. The fourth-order valence-electron chi connectivity index (χ4n) is 2.90. The van der Waals surface area contributed by atoms with E-state index in [0.717, 1.165) is 5.56 Å². The molecule has 4 aromatic rings. The second-order valence-electron chi connectivity index (χ2n) is 6.23. The number of anilines is 1. The summed E-state index contributed by atoms with van der Waals surface area (Å²) in [5.74, 6) is 1.41. The van der Waals surface area contributed by atoms with Gasteiger partial charge in [-0.3, -0.25) is 9.78 Å². The number of ether oxygens (including phenoxy) is 2. The van der Waals surface area contributed by atoms with Crippen LogP contribution in [0.15, 0.2) is 71.5 Å². The van der Waals surface area contributed by atoms with E-state index in [1.54, 1.807) is 48.8 Å². The van der Waals surface area contributed by atoms with Crippen LogP contribution in [0.3, 0.4) is 0 Å². The molecule has 8 heteroatoms. The number of carbonyl (C=O) groups excluding carboxylic acids is 1. The quantitative estimate of drug-likeness (QED) is 0.519. The summed E-state index contributed by atoms with van der Waals surface area (Å²) >= 11 is 0. The molecule has 1 amide bonds. The molecule has 0 saturated heterocycles. The predicted octanol–water partition coefficient (Wildman–Crippen LogP) is 4.07. The molecule has 0 aliphatic heterocycles. The number of pyridine rings is 1. The number of carbonyl (C=O) groups is 1. The van der Waals surface area contributed by atoms with Gasteiger partial charge in [0.2, 0.25) is 5.82 Å². The molecule has 1 N–H and O–H groups in total. The van der Waals surface area contributed by atoms with Crippen LogP contribution < -0.4 is 14.8 Å². The molecule has 0 unspecified atom stereocenters. The van der Waals surface area contributed by atoms with Crippen LogP contribution in [0.2, 0.25) is 0 Å². The highest BCUT2D eigenvalue weighted by Crippen LogP contribution is 2.30. The monoisotopic (exact) mass is 402 g/mol. The molecule has 0 atom stereocenters. The molecule has 4 rings (SSSR count). The smallest absolute Gasteiger partial charge is 0.260 e. The van der Waals surface area contributed by atoms with Crippen LogP contribution in [-0.4, -0.2) is 35.3 Å². The number of amides is 1. The summed E-state index contributed by atoms with van der Waals surface area (Å²) in [5.41, 5.74) is 2.30. The van der Waals surface area contributed by atoms with Gasteiger partial charge in [0, 0.05) is 23.5 Å². The van der Waals surface area contributed by atoms with Crippen molar-refractivity contribution in [2.24, 2.45) is 0 Å². The van der Waals surface area contributed by atoms with Crippen molar-refractivity contribution in [1.29, 1.82) is 0 Å². The average Bonchev–Trinajstić information content (AvgIpc) is 3.29. The SMILES string of the molecule is COc1ccc(C(=O)Nc2ccccc2-c2nc(-c3cccnc3)no2)cc1OC. The normalized spacial score (nSPS) is 10.5. The minimum atomic E-state index is -0.310. The molecule has 0 fully saturated rings. The van der Waals surface area contributed by atoms with Crippen LogP contribution >= 0.6 is 0 Å². The van der Waals surface area contributed by atoms with Crippen molar-refractivity contribution in [3.8, 4) is 34.3 Å². The zero-order valence-corrected chi connectivity index (χ0v) is 16.3. The van der Waals surface area contributed by atoms with Crippen molar-refractivity contribution in [2.45, 2.75) is 0 Å². The summed E-state index contributed by atoms with van der Waals surface area (Å²) in [7, 11) is 3.06. The Morgan fingerprint density at radius 3 is 2.60 bits per heavy atom. The van der Waals surface area contributed by atoms with E-state index in [2.05, 4.69) is 20.4 Å². The standard InChI is InChI=1S/C22H18N4O4/c1-28-18-10-9-14(12-19(18)29-2)21(27)24-17-8-4-3-7-16(17)22-25-20(26-30-22)15-6-5-11-23-13-15/h3-13H,1-2H3,(H,24,27). The first-order valence-electron chi connectivity index (χ1n) is 9.06. The Hall–Kier alpha value is -4.20. The van der Waals surface area contributed by atoms with Gasteiger partial charge < -0.3 is 19.3 Å². The maximum atomic E-state index is 12.8. The lowest BCUT2D eigenvalue weighted by molar-refractivity contribution is 0.102. The van der Waals surface area contributed by atoms with Gasteiger partial charge in [-0.2, -0.15) is 4.98 Å². The number of methoxy groups -OCH3 is 2. The van der Waals surface area contributed by atoms with E-state index in [4.69, 9.17) is 14.0 Å². The van der Waals surface area contributed by atoms with Gasteiger partial charge in [-0.15, -0.1) is 0 Å².